The van der Waals surface area contributed by atoms with Crippen LogP contribution in [0.4, 0.5) is 4.39 Å². The first kappa shape index (κ1) is 15.8. The van der Waals surface area contributed by atoms with Gasteiger partial charge in [-0.3, -0.25) is 4.79 Å². The number of hydrogen-bond acceptors (Lipinski definition) is 3. The fraction of sp³-hybridized carbons (Fsp3) is 0.562. The predicted molar refractivity (Wildman–Crippen MR) is 77.5 cm³/mol. The number of amides is 1. The van der Waals surface area contributed by atoms with Gasteiger partial charge in [-0.1, -0.05) is 6.07 Å². The minimum absolute atomic E-state index is 0.128. The summed E-state index contributed by atoms with van der Waals surface area (Å²) >= 11 is 0. The monoisotopic (exact) mass is 295 g/mol. The molecule has 1 N–H and O–H groups in total. The molecule has 1 aromatic rings. The van der Waals surface area contributed by atoms with Crippen LogP contribution in [0.5, 0.6) is 5.75 Å². The lowest BCUT2D eigenvalue weighted by Crippen LogP contribution is -2.41. The third-order valence-electron chi connectivity index (χ3n) is 3.83. The molecule has 0 radical (unpaired) electrons. The highest BCUT2D eigenvalue weighted by molar-refractivity contribution is 5.80. The first-order valence-corrected chi connectivity index (χ1v) is 7.31. The summed E-state index contributed by atoms with van der Waals surface area (Å²) in [6, 6.07) is 5.76. The van der Waals surface area contributed by atoms with E-state index in [1.807, 2.05) is 0 Å². The van der Waals surface area contributed by atoms with Crippen LogP contribution in [0.15, 0.2) is 24.3 Å². The lowest BCUT2D eigenvalue weighted by Gasteiger charge is -2.25. The quantitative estimate of drug-likeness (QED) is 0.931. The third kappa shape index (κ3) is 4.43. The Balaban J connectivity index is 1.96. The molecule has 1 aliphatic heterocycles. The lowest BCUT2D eigenvalue weighted by molar-refractivity contribution is -0.138. The number of halogens is 1. The van der Waals surface area contributed by atoms with Crippen molar-refractivity contribution in [2.45, 2.75) is 44.8 Å². The lowest BCUT2D eigenvalue weighted by atomic mass is 9.98. The number of nitrogens with zero attached hydrogens (tertiary/aromatic N) is 1. The molecule has 2 atom stereocenters. The molecule has 0 aliphatic carbocycles. The van der Waals surface area contributed by atoms with E-state index in [0.29, 0.717) is 31.7 Å². The molecule has 1 fully saturated rings. The number of benzene rings is 1. The highest BCUT2D eigenvalue weighted by Gasteiger charge is 2.29. The van der Waals surface area contributed by atoms with E-state index in [0.717, 1.165) is 6.42 Å². The Morgan fingerprint density at radius 2 is 2.19 bits per heavy atom. The number of carbonyl (C=O) groups excluding carboxylic acids is 1. The minimum Gasteiger partial charge on any atom is -0.481 e. The highest BCUT2D eigenvalue weighted by atomic mass is 19.1. The Morgan fingerprint density at radius 3 is 2.90 bits per heavy atom. The molecule has 1 aromatic carbocycles. The zero-order valence-electron chi connectivity index (χ0n) is 12.5. The fourth-order valence-corrected chi connectivity index (χ4v) is 2.54. The largest absolute Gasteiger partial charge is 0.481 e. The van der Waals surface area contributed by atoms with E-state index in [1.54, 1.807) is 30.9 Å². The number of aliphatic hydroxyl groups is 1. The number of carbonyl (C=O) groups is 1. The van der Waals surface area contributed by atoms with Crippen molar-refractivity contribution in [1.82, 2.24) is 4.90 Å². The van der Waals surface area contributed by atoms with Gasteiger partial charge >= 0.3 is 0 Å². The average Bonchev–Trinajstić information content (AvgIpc) is 2.59. The van der Waals surface area contributed by atoms with Gasteiger partial charge in [-0.15, -0.1) is 0 Å². The van der Waals surface area contributed by atoms with Crippen molar-refractivity contribution >= 4 is 5.91 Å². The van der Waals surface area contributed by atoms with Gasteiger partial charge in [0.25, 0.3) is 5.91 Å². The van der Waals surface area contributed by atoms with E-state index in [4.69, 9.17) is 4.74 Å². The molecule has 2 rings (SSSR count). The normalized spacial score (nSPS) is 24.3. The van der Waals surface area contributed by atoms with Crippen LogP contribution in [0.2, 0.25) is 0 Å². The van der Waals surface area contributed by atoms with Crippen molar-refractivity contribution in [2.75, 3.05) is 13.1 Å². The number of rotatable bonds is 3. The third-order valence-corrected chi connectivity index (χ3v) is 3.83. The van der Waals surface area contributed by atoms with Crippen molar-refractivity contribution in [3.63, 3.8) is 0 Å². The zero-order chi connectivity index (χ0) is 15.5. The van der Waals surface area contributed by atoms with E-state index in [1.165, 1.54) is 12.1 Å². The summed E-state index contributed by atoms with van der Waals surface area (Å²) in [7, 11) is 0. The van der Waals surface area contributed by atoms with Gasteiger partial charge < -0.3 is 14.7 Å². The van der Waals surface area contributed by atoms with E-state index < -0.39 is 17.5 Å². The van der Waals surface area contributed by atoms with Crippen LogP contribution in [-0.4, -0.2) is 40.7 Å². The Labute approximate surface area is 124 Å². The molecule has 2 unspecified atom stereocenters. The molecule has 116 valence electrons. The molecule has 1 amide bonds. The van der Waals surface area contributed by atoms with E-state index >= 15 is 0 Å². The fourth-order valence-electron chi connectivity index (χ4n) is 2.54. The molecule has 5 heteroatoms. The second-order valence-electron chi connectivity index (χ2n) is 5.89. The molecule has 0 spiro atoms. The van der Waals surface area contributed by atoms with Gasteiger partial charge in [0, 0.05) is 19.2 Å². The molecule has 1 aliphatic rings. The van der Waals surface area contributed by atoms with Crippen LogP contribution in [0.25, 0.3) is 0 Å². The standard InChI is InChI=1S/C16H22FNO3/c1-12(21-14-6-3-5-13(17)11-14)15(19)18-9-4-7-16(2,20)8-10-18/h3,5-6,11-12,20H,4,7-10H2,1-2H3. The Morgan fingerprint density at radius 1 is 1.43 bits per heavy atom. The maximum absolute atomic E-state index is 13.1. The molecule has 0 aromatic heterocycles. The molecule has 0 bridgehead atoms. The summed E-state index contributed by atoms with van der Waals surface area (Å²) in [5.41, 5.74) is -0.707. The van der Waals surface area contributed by atoms with E-state index in [-0.39, 0.29) is 5.91 Å². The van der Waals surface area contributed by atoms with Gasteiger partial charge in [0.2, 0.25) is 0 Å². The highest BCUT2D eigenvalue weighted by Crippen LogP contribution is 2.22. The molecule has 1 saturated heterocycles. The average molecular weight is 295 g/mol. The SMILES string of the molecule is CC(Oc1cccc(F)c1)C(=O)N1CCCC(C)(O)CC1. The van der Waals surface area contributed by atoms with Crippen LogP contribution in [0, 0.1) is 5.82 Å². The molecule has 0 saturated carbocycles. The van der Waals surface area contributed by atoms with Crippen LogP contribution < -0.4 is 4.74 Å². The van der Waals surface area contributed by atoms with Crippen molar-refractivity contribution in [3.8, 4) is 5.75 Å². The molecular weight excluding hydrogens is 273 g/mol. The number of hydrogen-bond donors (Lipinski definition) is 1. The zero-order valence-corrected chi connectivity index (χ0v) is 12.5. The molecule has 1 heterocycles. The second kappa shape index (κ2) is 6.43. The van der Waals surface area contributed by atoms with Crippen molar-refractivity contribution in [1.29, 1.82) is 0 Å². The van der Waals surface area contributed by atoms with Crippen molar-refractivity contribution in [2.24, 2.45) is 0 Å². The maximum atomic E-state index is 13.1. The summed E-state index contributed by atoms with van der Waals surface area (Å²) in [5, 5.41) is 10.0. The van der Waals surface area contributed by atoms with Crippen LogP contribution in [-0.2, 0) is 4.79 Å². The number of likely N-dealkylation sites (tertiary alicyclic amines) is 1. The van der Waals surface area contributed by atoms with Gasteiger partial charge in [-0.05, 0) is 45.2 Å². The molecule has 4 nitrogen and oxygen atoms in total. The maximum Gasteiger partial charge on any atom is 0.263 e. The van der Waals surface area contributed by atoms with E-state index in [2.05, 4.69) is 0 Å². The second-order valence-corrected chi connectivity index (χ2v) is 5.89. The molecular formula is C16H22FNO3. The van der Waals surface area contributed by atoms with E-state index in [9.17, 15) is 14.3 Å². The Bertz CT molecular complexity index is 504. The van der Waals surface area contributed by atoms with Crippen LogP contribution in [0.3, 0.4) is 0 Å². The number of ether oxygens (including phenoxy) is 1. The minimum atomic E-state index is -0.707. The van der Waals surface area contributed by atoms with Gasteiger partial charge in [0.1, 0.15) is 11.6 Å². The summed E-state index contributed by atoms with van der Waals surface area (Å²) < 4.78 is 18.6. The summed E-state index contributed by atoms with van der Waals surface area (Å²) in [5.74, 6) is -0.174. The van der Waals surface area contributed by atoms with Crippen LogP contribution >= 0.6 is 0 Å². The Kier molecular flexibility index (Phi) is 4.83. The first-order valence-electron chi connectivity index (χ1n) is 7.31. The van der Waals surface area contributed by atoms with Crippen molar-refractivity contribution < 1.29 is 19.0 Å². The van der Waals surface area contributed by atoms with Gasteiger partial charge in [-0.2, -0.15) is 0 Å². The van der Waals surface area contributed by atoms with Gasteiger partial charge in [0.15, 0.2) is 6.10 Å². The first-order chi connectivity index (χ1) is 9.87. The van der Waals surface area contributed by atoms with Crippen LogP contribution in [0.1, 0.15) is 33.1 Å². The predicted octanol–water partition coefficient (Wildman–Crippen LogP) is 2.36. The summed E-state index contributed by atoms with van der Waals surface area (Å²) in [6.45, 7) is 4.60. The summed E-state index contributed by atoms with van der Waals surface area (Å²) in [4.78, 5) is 14.1. The molecule has 21 heavy (non-hydrogen) atoms. The topological polar surface area (TPSA) is 49.8 Å². The summed E-state index contributed by atoms with van der Waals surface area (Å²) in [6.07, 6.45) is 1.35. The van der Waals surface area contributed by atoms with Gasteiger partial charge in [0.05, 0.1) is 5.60 Å². The van der Waals surface area contributed by atoms with Crippen molar-refractivity contribution in [3.05, 3.63) is 30.1 Å². The Hall–Kier alpha value is -1.62. The smallest absolute Gasteiger partial charge is 0.263 e. The van der Waals surface area contributed by atoms with Gasteiger partial charge in [-0.25, -0.2) is 4.39 Å².